The van der Waals surface area contributed by atoms with Crippen molar-refractivity contribution < 1.29 is 0 Å². The maximum Gasteiger partial charge on any atom is 0.0931 e. The van der Waals surface area contributed by atoms with Gasteiger partial charge in [0.1, 0.15) is 0 Å². The van der Waals surface area contributed by atoms with Crippen LogP contribution in [0.2, 0.25) is 4.34 Å². The molecule has 3 N–H and O–H groups in total. The van der Waals surface area contributed by atoms with Gasteiger partial charge in [-0.2, -0.15) is 0 Å². The number of hydrazine groups is 1. The zero-order valence-electron chi connectivity index (χ0n) is 9.29. The van der Waals surface area contributed by atoms with Crippen LogP contribution in [0.1, 0.15) is 16.5 Å². The average Bonchev–Trinajstić information content (AvgIpc) is 2.72. The lowest BCUT2D eigenvalue weighted by Gasteiger charge is -2.17. The number of hydrogen-bond acceptors (Lipinski definition) is 3. The molecule has 0 aliphatic rings. The summed E-state index contributed by atoms with van der Waals surface area (Å²) in [7, 11) is 0. The van der Waals surface area contributed by atoms with E-state index in [-0.39, 0.29) is 6.04 Å². The third-order valence-electron chi connectivity index (χ3n) is 2.57. The third-order valence-corrected chi connectivity index (χ3v) is 5.01. The summed E-state index contributed by atoms with van der Waals surface area (Å²) in [6.07, 6.45) is 0.814. The number of thiophene rings is 1. The third kappa shape index (κ3) is 3.56. The van der Waals surface area contributed by atoms with Gasteiger partial charge in [-0.15, -0.1) is 11.3 Å². The van der Waals surface area contributed by atoms with Gasteiger partial charge in [-0.05, 0) is 29.8 Å². The van der Waals surface area contributed by atoms with Crippen molar-refractivity contribution in [2.45, 2.75) is 12.5 Å². The second-order valence-corrected chi connectivity index (χ2v) is 7.36. The zero-order valence-corrected chi connectivity index (χ0v) is 14.0. The highest BCUT2D eigenvalue weighted by Crippen LogP contribution is 2.31. The SMILES string of the molecule is NNC(Cc1ccc(Cl)s1)c1ccc(Br)cc1Br. The van der Waals surface area contributed by atoms with Crippen molar-refractivity contribution in [1.82, 2.24) is 5.43 Å². The zero-order chi connectivity index (χ0) is 13.1. The van der Waals surface area contributed by atoms with Crippen molar-refractivity contribution in [1.29, 1.82) is 0 Å². The highest BCUT2D eigenvalue weighted by Gasteiger charge is 2.15. The Kier molecular flexibility index (Phi) is 5.24. The Bertz CT molecular complexity index is 545. The van der Waals surface area contributed by atoms with Gasteiger partial charge in [-0.1, -0.05) is 49.5 Å². The van der Waals surface area contributed by atoms with Crippen LogP contribution in [0.3, 0.4) is 0 Å². The predicted molar refractivity (Wildman–Crippen MR) is 84.9 cm³/mol. The fraction of sp³-hybridized carbons (Fsp3) is 0.167. The minimum absolute atomic E-state index is 0.0576. The van der Waals surface area contributed by atoms with E-state index < -0.39 is 0 Å². The van der Waals surface area contributed by atoms with Crippen molar-refractivity contribution in [3.8, 4) is 0 Å². The minimum Gasteiger partial charge on any atom is -0.271 e. The van der Waals surface area contributed by atoms with Gasteiger partial charge in [0.05, 0.1) is 10.4 Å². The molecule has 2 nitrogen and oxygen atoms in total. The number of nitrogens with two attached hydrogens (primary N) is 1. The summed E-state index contributed by atoms with van der Waals surface area (Å²) in [6, 6.07) is 10.1. The number of hydrogen-bond donors (Lipinski definition) is 2. The quantitative estimate of drug-likeness (QED) is 0.568. The van der Waals surface area contributed by atoms with Gasteiger partial charge in [0, 0.05) is 20.2 Å². The highest BCUT2D eigenvalue weighted by atomic mass is 79.9. The van der Waals surface area contributed by atoms with Crippen molar-refractivity contribution >= 4 is 54.8 Å². The molecule has 1 heterocycles. The second kappa shape index (κ2) is 6.50. The summed E-state index contributed by atoms with van der Waals surface area (Å²) in [6.45, 7) is 0. The first-order valence-corrected chi connectivity index (χ1v) is 8.03. The Morgan fingerprint density at radius 3 is 2.61 bits per heavy atom. The minimum atomic E-state index is 0.0576. The molecule has 96 valence electrons. The van der Waals surface area contributed by atoms with Gasteiger partial charge in [0.15, 0.2) is 0 Å². The number of nitrogens with one attached hydrogen (secondary N) is 1. The van der Waals surface area contributed by atoms with Crippen molar-refractivity contribution in [3.63, 3.8) is 0 Å². The van der Waals surface area contributed by atoms with E-state index >= 15 is 0 Å². The summed E-state index contributed by atoms with van der Waals surface area (Å²) in [5.41, 5.74) is 3.98. The van der Waals surface area contributed by atoms with Gasteiger partial charge < -0.3 is 0 Å². The predicted octanol–water partition coefficient (Wildman–Crippen LogP) is 4.67. The van der Waals surface area contributed by atoms with Crippen molar-refractivity contribution in [3.05, 3.63) is 54.1 Å². The van der Waals surface area contributed by atoms with Crippen molar-refractivity contribution in [2.75, 3.05) is 0 Å². The molecule has 0 amide bonds. The largest absolute Gasteiger partial charge is 0.271 e. The molecule has 2 rings (SSSR count). The summed E-state index contributed by atoms with van der Waals surface area (Å²) < 4.78 is 2.87. The molecule has 2 aromatic rings. The molecule has 0 saturated heterocycles. The molecule has 1 unspecified atom stereocenters. The lowest BCUT2D eigenvalue weighted by Crippen LogP contribution is -2.29. The Balaban J connectivity index is 2.22. The van der Waals surface area contributed by atoms with Crippen LogP contribution in [0.25, 0.3) is 0 Å². The van der Waals surface area contributed by atoms with Crippen LogP contribution in [0.4, 0.5) is 0 Å². The molecule has 0 radical (unpaired) electrons. The van der Waals surface area contributed by atoms with Crippen LogP contribution in [-0.2, 0) is 6.42 Å². The summed E-state index contributed by atoms with van der Waals surface area (Å²) >= 11 is 14.5. The van der Waals surface area contributed by atoms with Crippen LogP contribution in [0.15, 0.2) is 39.3 Å². The first-order chi connectivity index (χ1) is 8.60. The topological polar surface area (TPSA) is 38.0 Å². The van der Waals surface area contributed by atoms with E-state index in [1.807, 2.05) is 30.3 Å². The smallest absolute Gasteiger partial charge is 0.0931 e. The monoisotopic (exact) mass is 408 g/mol. The van der Waals surface area contributed by atoms with E-state index in [1.54, 1.807) is 11.3 Å². The molecule has 6 heteroatoms. The standard InChI is InChI=1S/C12H11Br2ClN2S/c13-7-1-3-9(10(14)5-7)11(17-16)6-8-2-4-12(15)18-8/h1-5,11,17H,6,16H2. The Morgan fingerprint density at radius 2 is 2.06 bits per heavy atom. The van der Waals surface area contributed by atoms with Crippen LogP contribution >= 0.6 is 54.8 Å². The van der Waals surface area contributed by atoms with Crippen LogP contribution < -0.4 is 11.3 Å². The Morgan fingerprint density at radius 1 is 1.28 bits per heavy atom. The molecule has 0 aliphatic carbocycles. The van der Waals surface area contributed by atoms with Crippen LogP contribution in [0.5, 0.6) is 0 Å². The Labute approximate surface area is 132 Å². The van der Waals surface area contributed by atoms with E-state index in [2.05, 4.69) is 37.3 Å². The molecule has 1 atom stereocenters. The van der Waals surface area contributed by atoms with Gasteiger partial charge in [0.2, 0.25) is 0 Å². The van der Waals surface area contributed by atoms with E-state index in [0.29, 0.717) is 0 Å². The van der Waals surface area contributed by atoms with Gasteiger partial charge in [0.25, 0.3) is 0 Å². The highest BCUT2D eigenvalue weighted by molar-refractivity contribution is 9.11. The first kappa shape index (κ1) is 14.5. The fourth-order valence-electron chi connectivity index (χ4n) is 1.71. The molecule has 0 spiro atoms. The lowest BCUT2D eigenvalue weighted by molar-refractivity contribution is 0.553. The summed E-state index contributed by atoms with van der Waals surface area (Å²) in [5, 5.41) is 0. The molecule has 1 aromatic heterocycles. The number of halogens is 3. The van der Waals surface area contributed by atoms with E-state index in [1.165, 1.54) is 4.88 Å². The number of benzene rings is 1. The summed E-state index contributed by atoms with van der Waals surface area (Å²) in [4.78, 5) is 1.21. The molecular formula is C12H11Br2ClN2S. The molecule has 0 aliphatic heterocycles. The van der Waals surface area contributed by atoms with Crippen LogP contribution in [-0.4, -0.2) is 0 Å². The molecule has 0 fully saturated rings. The molecule has 18 heavy (non-hydrogen) atoms. The second-order valence-electron chi connectivity index (χ2n) is 3.80. The fourth-order valence-corrected chi connectivity index (χ4v) is 4.16. The van der Waals surface area contributed by atoms with E-state index in [9.17, 15) is 0 Å². The van der Waals surface area contributed by atoms with Gasteiger partial charge in [-0.3, -0.25) is 11.3 Å². The summed E-state index contributed by atoms with van der Waals surface area (Å²) in [5.74, 6) is 5.66. The normalized spacial score (nSPS) is 12.7. The maximum absolute atomic E-state index is 5.94. The van der Waals surface area contributed by atoms with Crippen molar-refractivity contribution in [2.24, 2.45) is 5.84 Å². The van der Waals surface area contributed by atoms with E-state index in [0.717, 1.165) is 25.3 Å². The molecular weight excluding hydrogens is 399 g/mol. The average molecular weight is 411 g/mol. The molecule has 0 saturated carbocycles. The number of rotatable bonds is 4. The lowest BCUT2D eigenvalue weighted by atomic mass is 10.0. The first-order valence-electron chi connectivity index (χ1n) is 5.25. The Hall–Kier alpha value is 0.0900. The van der Waals surface area contributed by atoms with Gasteiger partial charge in [-0.25, -0.2) is 0 Å². The molecule has 1 aromatic carbocycles. The van der Waals surface area contributed by atoms with Gasteiger partial charge >= 0.3 is 0 Å². The molecule has 0 bridgehead atoms. The maximum atomic E-state index is 5.94. The van der Waals surface area contributed by atoms with Crippen LogP contribution in [0, 0.1) is 0 Å². The van der Waals surface area contributed by atoms with E-state index in [4.69, 9.17) is 17.4 Å².